The Kier molecular flexibility index (Phi) is 9.72. The first kappa shape index (κ1) is 27.4. The Morgan fingerprint density at radius 1 is 0.692 bits per heavy atom. The molecule has 39 heavy (non-hydrogen) atoms. The van der Waals surface area contributed by atoms with Gasteiger partial charge in [-0.05, 0) is 90.0 Å². The first-order valence-electron chi connectivity index (χ1n) is 11.7. The van der Waals surface area contributed by atoms with E-state index in [-0.39, 0.29) is 0 Å². The number of carbonyl (C=O) groups is 2. The number of rotatable bonds is 10. The molecule has 0 bridgehead atoms. The molecule has 0 aliphatic carbocycles. The molecule has 0 aliphatic heterocycles. The lowest BCUT2D eigenvalue weighted by Gasteiger charge is -2.19. The van der Waals surface area contributed by atoms with E-state index >= 15 is 0 Å². The van der Waals surface area contributed by atoms with E-state index in [0.29, 0.717) is 32.9 Å². The van der Waals surface area contributed by atoms with Crippen LogP contribution in [0.3, 0.4) is 0 Å². The quantitative estimate of drug-likeness (QED) is 0.0593. The van der Waals surface area contributed by atoms with E-state index in [4.69, 9.17) is 37.4 Å². The second-order valence-electron chi connectivity index (χ2n) is 7.94. The fourth-order valence-electron chi connectivity index (χ4n) is 3.13. The normalized spacial score (nSPS) is 11.1. The molecule has 1 N–H and O–H groups in total. The molecule has 0 unspecified atom stereocenters. The lowest BCUT2D eigenvalue weighted by atomic mass is 10.2. The van der Waals surface area contributed by atoms with Crippen LogP contribution in [0.2, 0.25) is 10.0 Å². The molecule has 196 valence electrons. The molecule has 4 aromatic rings. The van der Waals surface area contributed by atoms with Gasteiger partial charge in [0.05, 0.1) is 6.21 Å². The van der Waals surface area contributed by atoms with Gasteiger partial charge in [0.1, 0.15) is 17.2 Å². The van der Waals surface area contributed by atoms with Gasteiger partial charge in [0.25, 0.3) is 0 Å². The van der Waals surface area contributed by atoms with Crippen molar-refractivity contribution in [1.29, 1.82) is 0 Å². The minimum atomic E-state index is -1.35. The van der Waals surface area contributed by atoms with E-state index in [0.717, 1.165) is 5.56 Å². The van der Waals surface area contributed by atoms with Crippen LogP contribution >= 0.6 is 23.2 Å². The molecule has 0 fully saturated rings. The molecule has 0 heterocycles. The van der Waals surface area contributed by atoms with Crippen molar-refractivity contribution in [1.82, 2.24) is 5.43 Å². The Labute approximate surface area is 235 Å². The summed E-state index contributed by atoms with van der Waals surface area (Å²) in [5.41, 5.74) is 3.95. The highest BCUT2D eigenvalue weighted by atomic mass is 35.5. The smallest absolute Gasteiger partial charge is 0.336 e. The molecule has 4 rings (SSSR count). The topological polar surface area (TPSA) is 86.2 Å². The zero-order valence-electron chi connectivity index (χ0n) is 20.4. The number of benzene rings is 4. The van der Waals surface area contributed by atoms with Crippen LogP contribution in [0.25, 0.3) is 6.08 Å². The Morgan fingerprint density at radius 2 is 1.23 bits per heavy atom. The Bertz CT molecular complexity index is 1390. The predicted molar refractivity (Wildman–Crippen MR) is 151 cm³/mol. The highest BCUT2D eigenvalue weighted by Gasteiger charge is 2.22. The van der Waals surface area contributed by atoms with Crippen LogP contribution in [0.4, 0.5) is 0 Å². The molecule has 0 spiro atoms. The molecule has 0 radical (unpaired) electrons. The Hall–Kier alpha value is -4.59. The summed E-state index contributed by atoms with van der Waals surface area (Å²) in [7, 11) is 0. The van der Waals surface area contributed by atoms with Gasteiger partial charge in [-0.1, -0.05) is 53.5 Å². The molecule has 9 heteroatoms. The molecule has 4 aromatic carbocycles. The molecule has 0 aliphatic rings. The SMILES string of the molecule is O=C(/C=C/c1ccccc1)Oc1ccc(/C=N/NC(=O)C(Oc2ccc(Cl)cc2)Oc2ccc(Cl)cc2)cc1. The third-order valence-electron chi connectivity index (χ3n) is 5.03. The van der Waals surface area contributed by atoms with Crippen LogP contribution < -0.4 is 19.6 Å². The first-order chi connectivity index (χ1) is 18.9. The van der Waals surface area contributed by atoms with Gasteiger partial charge in [-0.25, -0.2) is 10.2 Å². The van der Waals surface area contributed by atoms with Gasteiger partial charge < -0.3 is 14.2 Å². The summed E-state index contributed by atoms with van der Waals surface area (Å²) in [5, 5.41) is 5.03. The molecule has 0 saturated carbocycles. The van der Waals surface area contributed by atoms with Gasteiger partial charge in [0.2, 0.25) is 0 Å². The van der Waals surface area contributed by atoms with Gasteiger partial charge in [-0.2, -0.15) is 5.10 Å². The summed E-state index contributed by atoms with van der Waals surface area (Å²) in [6, 6.07) is 29.0. The standard InChI is InChI=1S/C30H22Cl2N2O5/c31-23-9-15-26(16-10-23)38-30(39-27-17-11-24(32)12-18-27)29(36)34-33-20-22-6-13-25(14-7-22)37-28(35)19-8-21-4-2-1-3-5-21/h1-20,30H,(H,34,36)/b19-8+,33-20+. The van der Waals surface area contributed by atoms with Gasteiger partial charge in [-0.15, -0.1) is 0 Å². The lowest BCUT2D eigenvalue weighted by molar-refractivity contribution is -0.140. The van der Waals surface area contributed by atoms with E-state index in [1.807, 2.05) is 30.3 Å². The van der Waals surface area contributed by atoms with E-state index in [9.17, 15) is 9.59 Å². The van der Waals surface area contributed by atoms with Crippen molar-refractivity contribution in [3.05, 3.63) is 130 Å². The van der Waals surface area contributed by atoms with Crippen LogP contribution in [0.5, 0.6) is 17.2 Å². The van der Waals surface area contributed by atoms with Crippen LogP contribution in [0, 0.1) is 0 Å². The van der Waals surface area contributed by atoms with Crippen LogP contribution in [0.1, 0.15) is 11.1 Å². The summed E-state index contributed by atoms with van der Waals surface area (Å²) in [5.74, 6) is -0.0268. The minimum absolute atomic E-state index is 0.367. The minimum Gasteiger partial charge on any atom is -0.446 e. The van der Waals surface area contributed by atoms with Gasteiger partial charge in [0, 0.05) is 16.1 Å². The van der Waals surface area contributed by atoms with Crippen molar-refractivity contribution in [2.24, 2.45) is 5.10 Å². The molecule has 0 atom stereocenters. The zero-order chi connectivity index (χ0) is 27.5. The number of hydrazone groups is 1. The number of ether oxygens (including phenoxy) is 3. The molecule has 7 nitrogen and oxygen atoms in total. The summed E-state index contributed by atoms with van der Waals surface area (Å²) in [6.07, 6.45) is 3.11. The molecule has 1 amide bonds. The zero-order valence-corrected chi connectivity index (χ0v) is 21.9. The van der Waals surface area contributed by atoms with Gasteiger partial charge in [-0.3, -0.25) is 4.79 Å². The number of hydrogen-bond acceptors (Lipinski definition) is 6. The third kappa shape index (κ3) is 9.03. The van der Waals surface area contributed by atoms with Crippen LogP contribution in [-0.4, -0.2) is 24.4 Å². The van der Waals surface area contributed by atoms with Crippen molar-refractivity contribution >= 4 is 47.4 Å². The van der Waals surface area contributed by atoms with E-state index in [1.165, 1.54) is 12.3 Å². The summed E-state index contributed by atoms with van der Waals surface area (Å²) in [6.45, 7) is 0. The number of nitrogens with zero attached hydrogens (tertiary/aromatic N) is 1. The maximum Gasteiger partial charge on any atom is 0.336 e. The van der Waals surface area contributed by atoms with Crippen molar-refractivity contribution < 1.29 is 23.8 Å². The van der Waals surface area contributed by atoms with Crippen molar-refractivity contribution in [3.63, 3.8) is 0 Å². The molecule has 0 aromatic heterocycles. The third-order valence-corrected chi connectivity index (χ3v) is 5.53. The predicted octanol–water partition coefficient (Wildman–Crippen LogP) is 6.55. The second kappa shape index (κ2) is 13.8. The van der Waals surface area contributed by atoms with Crippen molar-refractivity contribution in [2.75, 3.05) is 0 Å². The number of esters is 1. The van der Waals surface area contributed by atoms with E-state index in [2.05, 4.69) is 10.5 Å². The highest BCUT2D eigenvalue weighted by molar-refractivity contribution is 6.30. The molecular weight excluding hydrogens is 539 g/mol. The largest absolute Gasteiger partial charge is 0.446 e. The summed E-state index contributed by atoms with van der Waals surface area (Å²) in [4.78, 5) is 24.9. The average Bonchev–Trinajstić information content (AvgIpc) is 2.95. The van der Waals surface area contributed by atoms with Crippen LogP contribution in [0.15, 0.2) is 114 Å². The Balaban J connectivity index is 1.34. The van der Waals surface area contributed by atoms with Gasteiger partial charge >= 0.3 is 18.2 Å². The maximum absolute atomic E-state index is 12.8. The highest BCUT2D eigenvalue weighted by Crippen LogP contribution is 2.21. The number of halogens is 2. The number of amides is 1. The number of hydrogen-bond donors (Lipinski definition) is 1. The number of nitrogens with one attached hydrogen (secondary N) is 1. The van der Waals surface area contributed by atoms with Crippen molar-refractivity contribution in [3.8, 4) is 17.2 Å². The fraction of sp³-hybridized carbons (Fsp3) is 0.0333. The average molecular weight is 561 g/mol. The Morgan fingerprint density at radius 3 is 1.79 bits per heavy atom. The second-order valence-corrected chi connectivity index (χ2v) is 8.82. The monoisotopic (exact) mass is 560 g/mol. The van der Waals surface area contributed by atoms with E-state index < -0.39 is 18.2 Å². The maximum atomic E-state index is 12.8. The summed E-state index contributed by atoms with van der Waals surface area (Å²) < 4.78 is 16.7. The van der Waals surface area contributed by atoms with Crippen molar-refractivity contribution in [2.45, 2.75) is 6.29 Å². The van der Waals surface area contributed by atoms with E-state index in [1.54, 1.807) is 78.9 Å². The molecular formula is C30H22Cl2N2O5. The first-order valence-corrected chi connectivity index (χ1v) is 12.4. The lowest BCUT2D eigenvalue weighted by Crippen LogP contribution is -2.40. The van der Waals surface area contributed by atoms with Crippen LogP contribution in [-0.2, 0) is 9.59 Å². The number of carbonyl (C=O) groups excluding carboxylic acids is 2. The molecule has 0 saturated heterocycles. The summed E-state index contributed by atoms with van der Waals surface area (Å²) >= 11 is 11.9. The van der Waals surface area contributed by atoms with Gasteiger partial charge in [0.15, 0.2) is 0 Å². The fourth-order valence-corrected chi connectivity index (χ4v) is 3.38.